The van der Waals surface area contributed by atoms with Gasteiger partial charge in [-0.25, -0.2) is 0 Å². The average molecular weight is 223 g/mol. The van der Waals surface area contributed by atoms with Gasteiger partial charge in [-0.1, -0.05) is 11.6 Å². The molecular formula is C6H7ClN2O3S. The molecule has 0 saturated carbocycles. The van der Waals surface area contributed by atoms with Crippen LogP contribution in [0.15, 0.2) is 17.0 Å². The van der Waals surface area contributed by atoms with Crippen molar-refractivity contribution < 1.29 is 13.0 Å². The van der Waals surface area contributed by atoms with Gasteiger partial charge in [0.2, 0.25) is 0 Å². The minimum absolute atomic E-state index is 0.0585. The lowest BCUT2D eigenvalue weighted by atomic mass is 10.3. The highest BCUT2D eigenvalue weighted by Gasteiger charge is 2.17. The summed E-state index contributed by atoms with van der Waals surface area (Å²) >= 11 is 5.54. The fourth-order valence-electron chi connectivity index (χ4n) is 0.787. The third-order valence-corrected chi connectivity index (χ3v) is 2.87. The molecular weight excluding hydrogens is 216 g/mol. The van der Waals surface area contributed by atoms with Crippen molar-refractivity contribution in [2.45, 2.75) is 4.90 Å². The van der Waals surface area contributed by atoms with Crippen LogP contribution in [0, 0.1) is 0 Å². The fraction of sp³-hybridized carbons (Fsp3) is 0. The van der Waals surface area contributed by atoms with E-state index in [1.165, 1.54) is 6.07 Å². The highest BCUT2D eigenvalue weighted by atomic mass is 35.5. The molecule has 0 amide bonds. The molecule has 0 fully saturated rings. The summed E-state index contributed by atoms with van der Waals surface area (Å²) in [5.74, 6) is 0. The summed E-state index contributed by atoms with van der Waals surface area (Å²) in [6.45, 7) is 0. The van der Waals surface area contributed by atoms with E-state index in [0.717, 1.165) is 6.07 Å². The number of benzene rings is 1. The molecule has 1 rings (SSSR count). The van der Waals surface area contributed by atoms with Crippen molar-refractivity contribution in [3.05, 3.63) is 17.2 Å². The van der Waals surface area contributed by atoms with Crippen molar-refractivity contribution in [2.24, 2.45) is 0 Å². The predicted molar refractivity (Wildman–Crippen MR) is 50.1 cm³/mol. The van der Waals surface area contributed by atoms with E-state index >= 15 is 0 Å². The molecule has 13 heavy (non-hydrogen) atoms. The quantitative estimate of drug-likeness (QED) is 0.480. The van der Waals surface area contributed by atoms with Crippen LogP contribution in [0.1, 0.15) is 0 Å². The minimum atomic E-state index is -4.34. The zero-order valence-electron chi connectivity index (χ0n) is 6.36. The molecule has 0 atom stereocenters. The Morgan fingerprint density at radius 1 is 1.31 bits per heavy atom. The van der Waals surface area contributed by atoms with Crippen LogP contribution in [0.2, 0.25) is 5.02 Å². The number of rotatable bonds is 1. The van der Waals surface area contributed by atoms with Crippen LogP contribution in [-0.2, 0) is 10.1 Å². The molecule has 0 aliphatic heterocycles. The zero-order valence-corrected chi connectivity index (χ0v) is 7.93. The Labute approximate surface area is 80.0 Å². The number of hydrogen-bond donors (Lipinski definition) is 3. The van der Waals surface area contributed by atoms with Crippen LogP contribution in [0.25, 0.3) is 0 Å². The van der Waals surface area contributed by atoms with Crippen molar-refractivity contribution >= 4 is 33.1 Å². The lowest BCUT2D eigenvalue weighted by molar-refractivity contribution is 0.483. The molecule has 0 radical (unpaired) electrons. The van der Waals surface area contributed by atoms with Gasteiger partial charge in [0.15, 0.2) is 0 Å². The molecule has 1 aromatic carbocycles. The van der Waals surface area contributed by atoms with Gasteiger partial charge < -0.3 is 11.5 Å². The molecule has 0 aliphatic rings. The number of nitrogens with two attached hydrogens (primary N) is 2. The first-order chi connectivity index (χ1) is 5.84. The molecule has 5 nitrogen and oxygen atoms in total. The normalized spacial score (nSPS) is 11.5. The molecule has 72 valence electrons. The van der Waals surface area contributed by atoms with E-state index in [0.29, 0.717) is 0 Å². The second-order valence-electron chi connectivity index (χ2n) is 2.36. The van der Waals surface area contributed by atoms with Gasteiger partial charge in [-0.3, -0.25) is 4.55 Å². The van der Waals surface area contributed by atoms with Crippen LogP contribution < -0.4 is 11.5 Å². The zero-order chi connectivity index (χ0) is 10.2. The first kappa shape index (κ1) is 10.1. The Balaban J connectivity index is 3.53. The van der Waals surface area contributed by atoms with Gasteiger partial charge in [-0.15, -0.1) is 0 Å². The molecule has 0 heterocycles. The molecule has 0 saturated heterocycles. The van der Waals surface area contributed by atoms with Crippen LogP contribution in [0.4, 0.5) is 11.4 Å². The highest BCUT2D eigenvalue weighted by molar-refractivity contribution is 7.86. The van der Waals surface area contributed by atoms with Crippen molar-refractivity contribution in [1.29, 1.82) is 0 Å². The summed E-state index contributed by atoms with van der Waals surface area (Å²) < 4.78 is 30.1. The minimum Gasteiger partial charge on any atom is -0.397 e. The summed E-state index contributed by atoms with van der Waals surface area (Å²) in [5, 5.41) is -0.262. The van der Waals surface area contributed by atoms with Crippen LogP contribution >= 0.6 is 11.6 Å². The maximum Gasteiger partial charge on any atom is 0.296 e. The Morgan fingerprint density at radius 3 is 2.31 bits per heavy atom. The molecule has 0 aliphatic carbocycles. The summed E-state index contributed by atoms with van der Waals surface area (Å²) in [5.41, 5.74) is 10.8. The molecule has 1 aromatic rings. The summed E-state index contributed by atoms with van der Waals surface area (Å²) in [7, 11) is -4.34. The molecule has 0 unspecified atom stereocenters. The Bertz CT molecular complexity index is 443. The van der Waals surface area contributed by atoms with Crippen molar-refractivity contribution in [3.63, 3.8) is 0 Å². The first-order valence-corrected chi connectivity index (χ1v) is 4.97. The molecule has 7 heteroatoms. The molecule has 5 N–H and O–H groups in total. The second kappa shape index (κ2) is 3.06. The van der Waals surface area contributed by atoms with E-state index in [9.17, 15) is 8.42 Å². The van der Waals surface area contributed by atoms with Gasteiger partial charge in [0.05, 0.1) is 16.4 Å². The average Bonchev–Trinajstić information content (AvgIpc) is 1.98. The number of hydrogen-bond acceptors (Lipinski definition) is 4. The van der Waals surface area contributed by atoms with Crippen molar-refractivity contribution in [2.75, 3.05) is 11.5 Å². The van der Waals surface area contributed by atoms with E-state index in [1.54, 1.807) is 0 Å². The number of anilines is 2. The summed E-state index contributed by atoms with van der Waals surface area (Å²) in [4.78, 5) is -0.444. The lowest BCUT2D eigenvalue weighted by Gasteiger charge is -2.05. The number of nitrogen functional groups attached to an aromatic ring is 2. The van der Waals surface area contributed by atoms with Crippen LogP contribution in [-0.4, -0.2) is 13.0 Å². The predicted octanol–water partition coefficient (Wildman–Crippen LogP) is 0.751. The Morgan fingerprint density at radius 2 is 1.85 bits per heavy atom. The summed E-state index contributed by atoms with van der Waals surface area (Å²) in [6.07, 6.45) is 0. The highest BCUT2D eigenvalue weighted by Crippen LogP contribution is 2.31. The largest absolute Gasteiger partial charge is 0.397 e. The maximum atomic E-state index is 10.7. The lowest BCUT2D eigenvalue weighted by Crippen LogP contribution is -2.03. The van der Waals surface area contributed by atoms with Gasteiger partial charge >= 0.3 is 0 Å². The van der Waals surface area contributed by atoms with E-state index in [2.05, 4.69) is 0 Å². The van der Waals surface area contributed by atoms with E-state index in [4.69, 9.17) is 27.6 Å². The third-order valence-electron chi connectivity index (χ3n) is 1.46. The van der Waals surface area contributed by atoms with Gasteiger partial charge in [-0.05, 0) is 12.1 Å². The van der Waals surface area contributed by atoms with Crippen LogP contribution in [0.5, 0.6) is 0 Å². The van der Waals surface area contributed by atoms with Crippen molar-refractivity contribution in [3.8, 4) is 0 Å². The third kappa shape index (κ3) is 1.85. The Kier molecular flexibility index (Phi) is 2.38. The Hall–Kier alpha value is -0.980. The first-order valence-electron chi connectivity index (χ1n) is 3.15. The van der Waals surface area contributed by atoms with E-state index < -0.39 is 15.0 Å². The molecule has 0 aromatic heterocycles. The molecule has 0 spiro atoms. The second-order valence-corrected chi connectivity index (χ2v) is 4.12. The van der Waals surface area contributed by atoms with E-state index in [1.807, 2.05) is 0 Å². The SMILES string of the molecule is Nc1ccc(S(=O)(=O)O)c(Cl)c1N. The number of halogens is 1. The smallest absolute Gasteiger partial charge is 0.296 e. The van der Waals surface area contributed by atoms with Crippen LogP contribution in [0.3, 0.4) is 0 Å². The van der Waals surface area contributed by atoms with Gasteiger partial charge in [0.1, 0.15) is 4.90 Å². The maximum absolute atomic E-state index is 10.7. The fourth-order valence-corrected chi connectivity index (χ4v) is 1.83. The van der Waals surface area contributed by atoms with Gasteiger partial charge in [0, 0.05) is 0 Å². The van der Waals surface area contributed by atoms with Gasteiger partial charge in [-0.2, -0.15) is 8.42 Å². The topological polar surface area (TPSA) is 106 Å². The van der Waals surface area contributed by atoms with Gasteiger partial charge in [0.25, 0.3) is 10.1 Å². The monoisotopic (exact) mass is 222 g/mol. The van der Waals surface area contributed by atoms with Crippen molar-refractivity contribution in [1.82, 2.24) is 0 Å². The van der Waals surface area contributed by atoms with E-state index in [-0.39, 0.29) is 16.4 Å². The summed E-state index contributed by atoms with van der Waals surface area (Å²) in [6, 6.07) is 2.34. The standard InChI is InChI=1S/C6H7ClN2O3S/c7-5-4(13(10,11)12)2-1-3(8)6(5)9/h1-2H,8-9H2,(H,10,11,12). The molecule has 0 bridgehead atoms.